The van der Waals surface area contributed by atoms with E-state index in [0.717, 1.165) is 6.42 Å². The van der Waals surface area contributed by atoms with E-state index in [2.05, 4.69) is 23.3 Å². The maximum atomic E-state index is 13.2. The van der Waals surface area contributed by atoms with Gasteiger partial charge in [0.25, 0.3) is 5.91 Å². The minimum atomic E-state index is -0.339. The van der Waals surface area contributed by atoms with Gasteiger partial charge in [-0.3, -0.25) is 4.79 Å². The molecule has 0 radical (unpaired) electrons. The molecule has 0 aliphatic carbocycles. The fourth-order valence-corrected chi connectivity index (χ4v) is 3.77. The highest BCUT2D eigenvalue weighted by molar-refractivity contribution is 6.33. The number of aryl methyl sites for hydroxylation is 1. The van der Waals surface area contributed by atoms with Gasteiger partial charge in [0.05, 0.1) is 16.9 Å². The molecular formula is C22H19ClFN3O. The van der Waals surface area contributed by atoms with Crippen LogP contribution < -0.4 is 0 Å². The van der Waals surface area contributed by atoms with Crippen LogP contribution in [-0.4, -0.2) is 33.7 Å². The van der Waals surface area contributed by atoms with Crippen molar-refractivity contribution in [3.8, 4) is 5.69 Å². The molecule has 0 saturated carbocycles. The number of carbonyl (C=O) groups is 1. The number of hydrogen-bond donors (Lipinski definition) is 0. The Kier molecular flexibility index (Phi) is 5.01. The van der Waals surface area contributed by atoms with Crippen molar-refractivity contribution < 1.29 is 9.18 Å². The Morgan fingerprint density at radius 1 is 1.11 bits per heavy atom. The zero-order valence-corrected chi connectivity index (χ0v) is 16.2. The number of carbonyl (C=O) groups excluding carboxylic acids is 1. The predicted molar refractivity (Wildman–Crippen MR) is 108 cm³/mol. The summed E-state index contributed by atoms with van der Waals surface area (Å²) < 4.78 is 14.7. The molecule has 1 amide bonds. The molecule has 6 heteroatoms. The third-order valence-electron chi connectivity index (χ3n) is 4.93. The van der Waals surface area contributed by atoms with Gasteiger partial charge in [-0.25, -0.2) is 9.07 Å². The van der Waals surface area contributed by atoms with Crippen LogP contribution in [0.5, 0.6) is 0 Å². The van der Waals surface area contributed by atoms with E-state index < -0.39 is 0 Å². The van der Waals surface area contributed by atoms with Crippen LogP contribution in [0.4, 0.5) is 4.39 Å². The average molecular weight is 396 g/mol. The Balaban J connectivity index is 1.58. The lowest BCUT2D eigenvalue weighted by Gasteiger charge is -2.26. The lowest BCUT2D eigenvalue weighted by Crippen LogP contribution is -2.35. The van der Waals surface area contributed by atoms with Gasteiger partial charge < -0.3 is 4.90 Å². The van der Waals surface area contributed by atoms with Crippen molar-refractivity contribution in [2.75, 3.05) is 13.1 Å². The number of aromatic nitrogens is 2. The SMILES string of the molecule is Cc1nn(-c2ccc(F)cc2)c(Cl)c1C(=O)N1CC=C(c2ccccc2)CC1. The van der Waals surface area contributed by atoms with E-state index in [1.165, 1.54) is 28.0 Å². The topological polar surface area (TPSA) is 38.1 Å². The van der Waals surface area contributed by atoms with Crippen LogP contribution in [0.25, 0.3) is 11.3 Å². The van der Waals surface area contributed by atoms with E-state index in [1.54, 1.807) is 24.0 Å². The molecule has 0 N–H and O–H groups in total. The van der Waals surface area contributed by atoms with Crippen molar-refractivity contribution in [2.24, 2.45) is 0 Å². The number of halogens is 2. The standard InChI is InChI=1S/C22H19ClFN3O/c1-15-20(21(23)27(25-15)19-9-7-18(24)8-10-19)22(28)26-13-11-17(12-14-26)16-5-3-2-4-6-16/h2-11H,12-14H2,1H3. The van der Waals surface area contributed by atoms with Gasteiger partial charge in [-0.05, 0) is 48.7 Å². The van der Waals surface area contributed by atoms with Crippen molar-refractivity contribution in [1.82, 2.24) is 14.7 Å². The number of amides is 1. The summed E-state index contributed by atoms with van der Waals surface area (Å²) >= 11 is 6.49. The molecule has 1 aliphatic rings. The Morgan fingerprint density at radius 2 is 1.82 bits per heavy atom. The molecule has 1 aromatic heterocycles. The van der Waals surface area contributed by atoms with Crippen molar-refractivity contribution in [2.45, 2.75) is 13.3 Å². The molecule has 3 aromatic rings. The summed E-state index contributed by atoms with van der Waals surface area (Å²) in [4.78, 5) is 14.9. The first-order valence-corrected chi connectivity index (χ1v) is 9.47. The van der Waals surface area contributed by atoms with Crippen molar-refractivity contribution in [3.05, 3.63) is 88.5 Å². The second kappa shape index (κ2) is 7.60. The molecule has 4 nitrogen and oxygen atoms in total. The highest BCUT2D eigenvalue weighted by Gasteiger charge is 2.26. The third-order valence-corrected chi connectivity index (χ3v) is 5.28. The van der Waals surface area contributed by atoms with Crippen LogP contribution in [0, 0.1) is 12.7 Å². The van der Waals surface area contributed by atoms with Crippen LogP contribution in [-0.2, 0) is 0 Å². The first kappa shape index (κ1) is 18.4. The Hall–Kier alpha value is -2.92. The number of rotatable bonds is 3. The average Bonchev–Trinajstić information content (AvgIpc) is 3.03. The molecule has 0 atom stereocenters. The fourth-order valence-electron chi connectivity index (χ4n) is 3.42. The predicted octanol–water partition coefficient (Wildman–Crippen LogP) is 4.90. The van der Waals surface area contributed by atoms with Gasteiger partial charge in [0.1, 0.15) is 11.0 Å². The van der Waals surface area contributed by atoms with Crippen molar-refractivity contribution in [1.29, 1.82) is 0 Å². The minimum Gasteiger partial charge on any atom is -0.334 e. The first-order chi connectivity index (χ1) is 13.5. The lowest BCUT2D eigenvalue weighted by molar-refractivity contribution is 0.0772. The molecule has 0 unspecified atom stereocenters. The van der Waals surface area contributed by atoms with Crippen LogP contribution in [0.15, 0.2) is 60.7 Å². The van der Waals surface area contributed by atoms with Crippen LogP contribution in [0.1, 0.15) is 28.0 Å². The summed E-state index contributed by atoms with van der Waals surface area (Å²) in [5.41, 5.74) is 3.99. The fraction of sp³-hybridized carbons (Fsp3) is 0.182. The van der Waals surface area contributed by atoms with Crippen molar-refractivity contribution in [3.63, 3.8) is 0 Å². The number of nitrogens with zero attached hydrogens (tertiary/aromatic N) is 3. The maximum absolute atomic E-state index is 13.2. The second-order valence-corrected chi connectivity index (χ2v) is 7.09. The zero-order valence-electron chi connectivity index (χ0n) is 15.4. The molecular weight excluding hydrogens is 377 g/mol. The summed E-state index contributed by atoms with van der Waals surface area (Å²) in [7, 11) is 0. The quantitative estimate of drug-likeness (QED) is 0.632. The zero-order chi connectivity index (χ0) is 19.7. The smallest absolute Gasteiger partial charge is 0.259 e. The molecule has 0 spiro atoms. The van der Waals surface area contributed by atoms with Gasteiger partial charge in [-0.1, -0.05) is 48.0 Å². The van der Waals surface area contributed by atoms with Gasteiger partial charge in [-0.15, -0.1) is 0 Å². The summed E-state index contributed by atoms with van der Waals surface area (Å²) in [6.07, 6.45) is 2.88. The summed E-state index contributed by atoms with van der Waals surface area (Å²) in [6, 6.07) is 16.0. The molecule has 28 heavy (non-hydrogen) atoms. The first-order valence-electron chi connectivity index (χ1n) is 9.09. The largest absolute Gasteiger partial charge is 0.334 e. The molecule has 2 heterocycles. The van der Waals surface area contributed by atoms with Crippen molar-refractivity contribution >= 4 is 23.1 Å². The molecule has 2 aromatic carbocycles. The summed E-state index contributed by atoms with van der Waals surface area (Å²) in [6.45, 7) is 2.91. The van der Waals surface area contributed by atoms with E-state index in [0.29, 0.717) is 30.0 Å². The normalized spacial score (nSPS) is 14.1. The monoisotopic (exact) mass is 395 g/mol. The molecule has 0 bridgehead atoms. The molecule has 0 fully saturated rings. The summed E-state index contributed by atoms with van der Waals surface area (Å²) in [5.74, 6) is -0.478. The van der Waals surface area contributed by atoms with Gasteiger partial charge in [-0.2, -0.15) is 5.10 Å². The maximum Gasteiger partial charge on any atom is 0.259 e. The molecule has 1 aliphatic heterocycles. The highest BCUT2D eigenvalue weighted by Crippen LogP contribution is 2.28. The number of hydrogen-bond acceptors (Lipinski definition) is 2. The molecule has 142 valence electrons. The van der Waals surface area contributed by atoms with Gasteiger partial charge >= 0.3 is 0 Å². The lowest BCUT2D eigenvalue weighted by atomic mass is 9.99. The van der Waals surface area contributed by atoms with E-state index in [4.69, 9.17) is 11.6 Å². The van der Waals surface area contributed by atoms with Crippen LogP contribution in [0.2, 0.25) is 5.15 Å². The van der Waals surface area contributed by atoms with Crippen LogP contribution >= 0.6 is 11.6 Å². The molecule has 0 saturated heterocycles. The van der Waals surface area contributed by atoms with E-state index in [1.807, 2.05) is 18.2 Å². The summed E-state index contributed by atoms with van der Waals surface area (Å²) in [5, 5.41) is 4.63. The van der Waals surface area contributed by atoms with E-state index in [9.17, 15) is 9.18 Å². The van der Waals surface area contributed by atoms with E-state index in [-0.39, 0.29) is 16.9 Å². The Morgan fingerprint density at radius 3 is 2.46 bits per heavy atom. The second-order valence-electron chi connectivity index (χ2n) is 6.74. The van der Waals surface area contributed by atoms with Crippen LogP contribution in [0.3, 0.4) is 0 Å². The highest BCUT2D eigenvalue weighted by atomic mass is 35.5. The van der Waals surface area contributed by atoms with Gasteiger partial charge in [0.2, 0.25) is 0 Å². The minimum absolute atomic E-state index is 0.140. The van der Waals surface area contributed by atoms with E-state index >= 15 is 0 Å². The number of benzene rings is 2. The van der Waals surface area contributed by atoms with Gasteiger partial charge in [0, 0.05) is 13.1 Å². The van der Waals surface area contributed by atoms with Gasteiger partial charge in [0.15, 0.2) is 0 Å². The third kappa shape index (κ3) is 3.45. The Bertz CT molecular complexity index is 1040. The Labute approximate surface area is 167 Å². The molecule has 4 rings (SSSR count).